The number of sulfone groups is 1. The van der Waals surface area contributed by atoms with Crippen molar-refractivity contribution in [1.29, 1.82) is 0 Å². The topological polar surface area (TPSA) is 88.5 Å². The van der Waals surface area contributed by atoms with E-state index in [4.69, 9.17) is 9.84 Å². The van der Waals surface area contributed by atoms with Crippen molar-refractivity contribution < 1.29 is 18.3 Å². The van der Waals surface area contributed by atoms with Crippen LogP contribution in [0.3, 0.4) is 0 Å². The van der Waals surface area contributed by atoms with E-state index in [1.807, 2.05) is 0 Å². The summed E-state index contributed by atoms with van der Waals surface area (Å²) in [5, 5.41) is 11.9. The maximum Gasteiger partial charge on any atom is 0.179 e. The lowest BCUT2D eigenvalue weighted by molar-refractivity contribution is 0.153. The lowest BCUT2D eigenvalue weighted by Crippen LogP contribution is -2.29. The second-order valence-electron chi connectivity index (χ2n) is 3.60. The summed E-state index contributed by atoms with van der Waals surface area (Å²) < 4.78 is 27.9. The summed E-state index contributed by atoms with van der Waals surface area (Å²) in [6, 6.07) is 2.62. The van der Waals surface area contributed by atoms with Crippen LogP contribution in [0.1, 0.15) is 0 Å². The van der Waals surface area contributed by atoms with Gasteiger partial charge in [0.15, 0.2) is 9.84 Å². The minimum Gasteiger partial charge on any atom is -0.394 e. The number of pyridine rings is 1. The number of nitrogens with zero attached hydrogens (tertiary/aromatic N) is 1. The van der Waals surface area contributed by atoms with E-state index < -0.39 is 15.9 Å². The van der Waals surface area contributed by atoms with Crippen LogP contribution in [-0.2, 0) is 14.6 Å². The molecule has 7 heteroatoms. The molecular weight excluding hydrogens is 244 g/mol. The zero-order chi connectivity index (χ0) is 12.9. The van der Waals surface area contributed by atoms with Gasteiger partial charge in [-0.25, -0.2) is 13.4 Å². The SMILES string of the molecule is COCC(CO)Nc1ncccc1S(C)(=O)=O. The van der Waals surface area contributed by atoms with E-state index in [2.05, 4.69) is 10.3 Å². The van der Waals surface area contributed by atoms with Crippen molar-refractivity contribution >= 4 is 15.7 Å². The zero-order valence-electron chi connectivity index (χ0n) is 9.75. The molecule has 0 bridgehead atoms. The molecule has 0 aromatic carbocycles. The van der Waals surface area contributed by atoms with Crippen molar-refractivity contribution in [3.63, 3.8) is 0 Å². The highest BCUT2D eigenvalue weighted by Gasteiger charge is 2.16. The molecule has 1 rings (SSSR count). The zero-order valence-corrected chi connectivity index (χ0v) is 10.6. The molecule has 1 aromatic heterocycles. The second-order valence-corrected chi connectivity index (χ2v) is 5.59. The van der Waals surface area contributed by atoms with Gasteiger partial charge < -0.3 is 15.2 Å². The number of aliphatic hydroxyl groups excluding tert-OH is 1. The highest BCUT2D eigenvalue weighted by Crippen LogP contribution is 2.18. The molecule has 0 fully saturated rings. The number of hydrogen-bond acceptors (Lipinski definition) is 6. The number of hydrogen-bond donors (Lipinski definition) is 2. The van der Waals surface area contributed by atoms with Crippen molar-refractivity contribution in [2.45, 2.75) is 10.9 Å². The first kappa shape index (κ1) is 13.9. The number of aromatic nitrogens is 1. The average molecular weight is 260 g/mol. The van der Waals surface area contributed by atoms with Gasteiger partial charge in [0.05, 0.1) is 19.3 Å². The molecule has 96 valence electrons. The first-order chi connectivity index (χ1) is 7.99. The highest BCUT2D eigenvalue weighted by molar-refractivity contribution is 7.90. The van der Waals surface area contributed by atoms with Crippen LogP contribution in [-0.4, -0.2) is 51.1 Å². The Labute approximate surface area is 101 Å². The molecule has 17 heavy (non-hydrogen) atoms. The predicted octanol–water partition coefficient (Wildman–Crippen LogP) is -0.0957. The van der Waals surface area contributed by atoms with E-state index in [-0.39, 0.29) is 23.9 Å². The van der Waals surface area contributed by atoms with E-state index >= 15 is 0 Å². The van der Waals surface area contributed by atoms with Crippen LogP contribution in [0.5, 0.6) is 0 Å². The van der Waals surface area contributed by atoms with Crippen molar-refractivity contribution in [1.82, 2.24) is 4.98 Å². The van der Waals surface area contributed by atoms with Crippen LogP contribution in [0.15, 0.2) is 23.2 Å². The van der Waals surface area contributed by atoms with Gasteiger partial charge in [-0.1, -0.05) is 0 Å². The summed E-state index contributed by atoms with van der Waals surface area (Å²) >= 11 is 0. The van der Waals surface area contributed by atoms with Gasteiger partial charge >= 0.3 is 0 Å². The van der Waals surface area contributed by atoms with Crippen molar-refractivity contribution in [2.75, 3.05) is 31.9 Å². The van der Waals surface area contributed by atoms with Crippen LogP contribution >= 0.6 is 0 Å². The predicted molar refractivity (Wildman–Crippen MR) is 63.7 cm³/mol. The van der Waals surface area contributed by atoms with E-state index in [1.165, 1.54) is 19.4 Å². The molecular formula is C10H16N2O4S. The van der Waals surface area contributed by atoms with Gasteiger partial charge in [0.2, 0.25) is 0 Å². The van der Waals surface area contributed by atoms with Crippen molar-refractivity contribution in [2.24, 2.45) is 0 Å². The fourth-order valence-corrected chi connectivity index (χ4v) is 2.12. The third kappa shape index (κ3) is 3.95. The summed E-state index contributed by atoms with van der Waals surface area (Å²) in [7, 11) is -1.85. The molecule has 1 heterocycles. The molecule has 0 spiro atoms. The third-order valence-electron chi connectivity index (χ3n) is 2.10. The molecule has 0 aliphatic rings. The Morgan fingerprint density at radius 2 is 2.29 bits per heavy atom. The van der Waals surface area contributed by atoms with E-state index in [1.54, 1.807) is 6.07 Å². The van der Waals surface area contributed by atoms with Gasteiger partial charge in [-0.15, -0.1) is 0 Å². The summed E-state index contributed by atoms with van der Waals surface area (Å²) in [6.45, 7) is 0.0872. The van der Waals surface area contributed by atoms with Gasteiger partial charge in [0.1, 0.15) is 10.7 Å². The average Bonchev–Trinajstić information content (AvgIpc) is 2.27. The molecule has 1 aromatic rings. The molecule has 1 atom stereocenters. The quantitative estimate of drug-likeness (QED) is 0.743. The first-order valence-corrected chi connectivity index (χ1v) is 6.89. The lowest BCUT2D eigenvalue weighted by Gasteiger charge is -2.17. The third-order valence-corrected chi connectivity index (χ3v) is 3.23. The van der Waals surface area contributed by atoms with Gasteiger partial charge in [0.25, 0.3) is 0 Å². The Morgan fingerprint density at radius 1 is 1.59 bits per heavy atom. The molecule has 0 saturated carbocycles. The van der Waals surface area contributed by atoms with Crippen LogP contribution in [0.2, 0.25) is 0 Å². The summed E-state index contributed by atoms with van der Waals surface area (Å²) in [5.41, 5.74) is 0. The van der Waals surface area contributed by atoms with Crippen LogP contribution < -0.4 is 5.32 Å². The standard InChI is InChI=1S/C10H16N2O4S/c1-16-7-8(6-13)12-10-9(17(2,14)15)4-3-5-11-10/h3-5,8,13H,6-7H2,1-2H3,(H,11,12). The Morgan fingerprint density at radius 3 is 2.82 bits per heavy atom. The van der Waals surface area contributed by atoms with Gasteiger partial charge in [-0.3, -0.25) is 0 Å². The first-order valence-electron chi connectivity index (χ1n) is 5.00. The number of aliphatic hydroxyl groups is 1. The Kier molecular flexibility index (Phi) is 4.86. The molecule has 6 nitrogen and oxygen atoms in total. The van der Waals surface area contributed by atoms with Crippen LogP contribution in [0.4, 0.5) is 5.82 Å². The minimum absolute atomic E-state index is 0.106. The maximum absolute atomic E-state index is 11.5. The lowest BCUT2D eigenvalue weighted by atomic mass is 10.3. The molecule has 0 aliphatic carbocycles. The molecule has 1 unspecified atom stereocenters. The Hall–Kier alpha value is -1.18. The fourth-order valence-electron chi connectivity index (χ4n) is 1.33. The normalized spacial score (nSPS) is 13.4. The second kappa shape index (κ2) is 5.95. The number of nitrogens with one attached hydrogen (secondary N) is 1. The van der Waals surface area contributed by atoms with Crippen molar-refractivity contribution in [3.05, 3.63) is 18.3 Å². The summed E-state index contributed by atoms with van der Waals surface area (Å²) in [4.78, 5) is 4.06. The molecule has 0 saturated heterocycles. The molecule has 0 aliphatic heterocycles. The fraction of sp³-hybridized carbons (Fsp3) is 0.500. The number of anilines is 1. The highest BCUT2D eigenvalue weighted by atomic mass is 32.2. The Balaban J connectivity index is 2.98. The summed E-state index contributed by atoms with van der Waals surface area (Å²) in [6.07, 6.45) is 2.59. The van der Waals surface area contributed by atoms with Gasteiger partial charge in [0, 0.05) is 19.6 Å². The largest absolute Gasteiger partial charge is 0.394 e. The number of rotatable bonds is 6. The molecule has 0 amide bonds. The monoisotopic (exact) mass is 260 g/mol. The van der Waals surface area contributed by atoms with E-state index in [0.29, 0.717) is 0 Å². The minimum atomic E-state index is -3.35. The number of methoxy groups -OCH3 is 1. The van der Waals surface area contributed by atoms with Crippen LogP contribution in [0, 0.1) is 0 Å². The Bertz CT molecular complexity index is 461. The van der Waals surface area contributed by atoms with Crippen LogP contribution in [0.25, 0.3) is 0 Å². The molecule has 2 N–H and O–H groups in total. The smallest absolute Gasteiger partial charge is 0.179 e. The maximum atomic E-state index is 11.5. The number of ether oxygens (including phenoxy) is 1. The summed E-state index contributed by atoms with van der Waals surface area (Å²) in [5.74, 6) is 0.228. The van der Waals surface area contributed by atoms with Gasteiger partial charge in [-0.2, -0.15) is 0 Å². The molecule has 0 radical (unpaired) electrons. The van der Waals surface area contributed by atoms with E-state index in [9.17, 15) is 8.42 Å². The van der Waals surface area contributed by atoms with E-state index in [0.717, 1.165) is 6.26 Å². The van der Waals surface area contributed by atoms with Gasteiger partial charge in [-0.05, 0) is 12.1 Å². The van der Waals surface area contributed by atoms with Crippen molar-refractivity contribution in [3.8, 4) is 0 Å².